The SMILES string of the molecule is O=C1CC=CN(O)C1=O.O=C1CC=CN(O)C1=O.O=C1CC=CN(O)C1=O.[Fe]. The Bertz CT molecular complexity index is 660. The number of rotatable bonds is 0. The first-order valence-corrected chi connectivity index (χ1v) is 7.31. The van der Waals surface area contributed by atoms with Crippen LogP contribution in [0.25, 0.3) is 0 Å². The molecule has 3 amide bonds. The number of nitrogens with zero attached hydrogens (tertiary/aromatic N) is 3. The van der Waals surface area contributed by atoms with Gasteiger partial charge in [-0.25, -0.2) is 0 Å². The summed E-state index contributed by atoms with van der Waals surface area (Å²) in [4.78, 5) is 62.4. The molecule has 0 radical (unpaired) electrons. The van der Waals surface area contributed by atoms with Crippen molar-refractivity contribution in [2.24, 2.45) is 0 Å². The Kier molecular flexibility index (Phi) is 10.5. The molecule has 0 fully saturated rings. The molecule has 0 aromatic heterocycles. The van der Waals surface area contributed by atoms with E-state index in [1.165, 1.54) is 18.2 Å². The Labute approximate surface area is 168 Å². The molecule has 0 atom stereocenters. The quantitative estimate of drug-likeness (QED) is 0.246. The zero-order valence-electron chi connectivity index (χ0n) is 14.1. The Balaban J connectivity index is 0.000000384. The van der Waals surface area contributed by atoms with Crippen molar-refractivity contribution in [2.45, 2.75) is 19.3 Å². The smallest absolute Gasteiger partial charge is 0.288 e. The summed E-state index contributed by atoms with van der Waals surface area (Å²) in [5.74, 6) is -4.34. The molecule has 0 unspecified atom stereocenters. The van der Waals surface area contributed by atoms with Crippen molar-refractivity contribution in [2.75, 3.05) is 0 Å². The third-order valence-corrected chi connectivity index (χ3v) is 2.99. The van der Waals surface area contributed by atoms with Crippen LogP contribution < -0.4 is 0 Å². The molecule has 0 aromatic rings. The van der Waals surface area contributed by atoms with Gasteiger partial charge in [-0.05, 0) is 0 Å². The third-order valence-electron chi connectivity index (χ3n) is 2.99. The van der Waals surface area contributed by atoms with E-state index in [0.717, 1.165) is 18.6 Å². The van der Waals surface area contributed by atoms with Gasteiger partial charge in [0.15, 0.2) is 0 Å². The zero-order valence-corrected chi connectivity index (χ0v) is 15.2. The average Bonchev–Trinajstić information content (AvgIpc) is 2.63. The normalized spacial score (nSPS) is 18.3. The number of carbonyl (C=O) groups is 6. The first kappa shape index (κ1) is 25.0. The monoisotopic (exact) mass is 437 g/mol. The Morgan fingerprint density at radius 2 is 0.750 bits per heavy atom. The molecular formula is C15H15FeN3O9. The summed E-state index contributed by atoms with van der Waals surface area (Å²) >= 11 is 0. The summed E-state index contributed by atoms with van der Waals surface area (Å²) in [6, 6.07) is 0. The fraction of sp³-hybridized carbons (Fsp3) is 0.200. The van der Waals surface area contributed by atoms with Crippen LogP contribution in [-0.4, -0.2) is 65.9 Å². The molecule has 3 N–H and O–H groups in total. The second kappa shape index (κ2) is 11.7. The van der Waals surface area contributed by atoms with Crippen molar-refractivity contribution in [3.8, 4) is 0 Å². The first-order valence-electron chi connectivity index (χ1n) is 7.31. The van der Waals surface area contributed by atoms with Gasteiger partial charge in [0.05, 0.1) is 0 Å². The number of Topliss-reactive ketones (excluding diaryl/α,β-unsaturated/α-hetero) is 3. The Morgan fingerprint density at radius 1 is 0.536 bits per heavy atom. The zero-order chi connectivity index (χ0) is 20.6. The van der Waals surface area contributed by atoms with Gasteiger partial charge < -0.3 is 0 Å². The minimum absolute atomic E-state index is 0. The van der Waals surface area contributed by atoms with Crippen molar-refractivity contribution in [1.82, 2.24) is 15.2 Å². The van der Waals surface area contributed by atoms with E-state index in [0.29, 0.717) is 0 Å². The van der Waals surface area contributed by atoms with Gasteiger partial charge in [-0.1, -0.05) is 18.2 Å². The number of hydrogen-bond donors (Lipinski definition) is 3. The predicted octanol–water partition coefficient (Wildman–Crippen LogP) is -0.930. The van der Waals surface area contributed by atoms with Crippen LogP contribution in [0, 0.1) is 0 Å². The number of ketones is 3. The molecule has 13 heteroatoms. The molecule has 3 aliphatic rings. The molecule has 0 aliphatic carbocycles. The van der Waals surface area contributed by atoms with Crippen molar-refractivity contribution < 1.29 is 61.5 Å². The van der Waals surface area contributed by atoms with E-state index < -0.39 is 35.1 Å². The van der Waals surface area contributed by atoms with Crippen LogP contribution in [0.3, 0.4) is 0 Å². The number of carbonyl (C=O) groups excluding carboxylic acids is 6. The van der Waals surface area contributed by atoms with E-state index in [1.807, 2.05) is 0 Å². The van der Waals surface area contributed by atoms with E-state index in [9.17, 15) is 28.8 Å². The van der Waals surface area contributed by atoms with Crippen molar-refractivity contribution in [3.63, 3.8) is 0 Å². The minimum Gasteiger partial charge on any atom is -0.288 e. The average molecular weight is 437 g/mol. The van der Waals surface area contributed by atoms with Crippen LogP contribution in [0.4, 0.5) is 0 Å². The van der Waals surface area contributed by atoms with Gasteiger partial charge in [-0.3, -0.25) is 44.4 Å². The maximum absolute atomic E-state index is 10.4. The first-order chi connectivity index (χ1) is 12.6. The molecule has 12 nitrogen and oxygen atoms in total. The Hall–Kier alpha value is -2.96. The van der Waals surface area contributed by atoms with Gasteiger partial charge in [0.25, 0.3) is 0 Å². The maximum Gasteiger partial charge on any atom is 0.317 e. The largest absolute Gasteiger partial charge is 0.317 e. The molecule has 152 valence electrons. The van der Waals surface area contributed by atoms with Crippen LogP contribution in [-0.2, 0) is 45.8 Å². The van der Waals surface area contributed by atoms with Crippen molar-refractivity contribution in [1.29, 1.82) is 0 Å². The molecule has 3 aliphatic heterocycles. The summed E-state index contributed by atoms with van der Waals surface area (Å²) in [5.41, 5.74) is 0. The van der Waals surface area contributed by atoms with Crippen LogP contribution >= 0.6 is 0 Å². The molecule has 0 spiro atoms. The van der Waals surface area contributed by atoms with Gasteiger partial charge in [0.2, 0.25) is 17.3 Å². The van der Waals surface area contributed by atoms with Crippen molar-refractivity contribution in [3.05, 3.63) is 36.8 Å². The molecule has 3 rings (SSSR count). The van der Waals surface area contributed by atoms with Crippen LogP contribution in [0.15, 0.2) is 36.8 Å². The molecule has 0 aromatic carbocycles. The van der Waals surface area contributed by atoms with E-state index in [-0.39, 0.29) is 51.5 Å². The number of allylic oxidation sites excluding steroid dienone is 3. The number of amides is 3. The minimum atomic E-state index is -0.863. The molecule has 28 heavy (non-hydrogen) atoms. The standard InChI is InChI=1S/3C5H5NO3.Fe/c3*7-4-2-1-3-6(9)5(4)8;/h3*1,3,9H,2H2;. The molecule has 0 bridgehead atoms. The fourth-order valence-corrected chi connectivity index (χ4v) is 1.63. The van der Waals surface area contributed by atoms with Gasteiger partial charge in [-0.2, -0.15) is 15.2 Å². The van der Waals surface area contributed by atoms with Crippen LogP contribution in [0.2, 0.25) is 0 Å². The second-order valence-electron chi connectivity index (χ2n) is 4.99. The molecule has 0 saturated carbocycles. The number of hydroxylamine groups is 6. The van der Waals surface area contributed by atoms with E-state index in [1.54, 1.807) is 0 Å². The van der Waals surface area contributed by atoms with Gasteiger partial charge in [0.1, 0.15) is 0 Å². The summed E-state index contributed by atoms with van der Waals surface area (Å²) in [5, 5.41) is 26.4. The summed E-state index contributed by atoms with van der Waals surface area (Å²) < 4.78 is 0. The molecule has 3 heterocycles. The molecule has 0 saturated heterocycles. The van der Waals surface area contributed by atoms with E-state index in [2.05, 4.69) is 0 Å². The number of hydrogen-bond acceptors (Lipinski definition) is 9. The molecular weight excluding hydrogens is 422 g/mol. The third kappa shape index (κ3) is 7.34. The van der Waals surface area contributed by atoms with E-state index in [4.69, 9.17) is 15.6 Å². The Morgan fingerprint density at radius 3 is 0.893 bits per heavy atom. The van der Waals surface area contributed by atoms with Gasteiger partial charge in [-0.15, -0.1) is 0 Å². The van der Waals surface area contributed by atoms with Gasteiger partial charge >= 0.3 is 17.7 Å². The summed E-state index contributed by atoms with van der Waals surface area (Å²) in [7, 11) is 0. The fourth-order valence-electron chi connectivity index (χ4n) is 1.63. The predicted molar refractivity (Wildman–Crippen MR) is 82.2 cm³/mol. The summed E-state index contributed by atoms with van der Waals surface area (Å²) in [6.45, 7) is 0. The van der Waals surface area contributed by atoms with Crippen LogP contribution in [0.1, 0.15) is 19.3 Å². The van der Waals surface area contributed by atoms with Crippen LogP contribution in [0.5, 0.6) is 0 Å². The topological polar surface area (TPSA) is 173 Å². The second-order valence-corrected chi connectivity index (χ2v) is 4.99. The van der Waals surface area contributed by atoms with E-state index >= 15 is 0 Å². The maximum atomic E-state index is 10.4. The van der Waals surface area contributed by atoms with Gasteiger partial charge in [0, 0.05) is 54.9 Å². The summed E-state index contributed by atoms with van der Waals surface area (Å²) in [6.07, 6.45) is 8.01. The van der Waals surface area contributed by atoms with Crippen molar-refractivity contribution >= 4 is 35.1 Å².